The second-order valence-corrected chi connectivity index (χ2v) is 8.24. The zero-order valence-electron chi connectivity index (χ0n) is 15.5. The Morgan fingerprint density at radius 2 is 1.50 bits per heavy atom. The molecule has 0 atom stereocenters. The topological polar surface area (TPSA) is 62.3 Å². The minimum absolute atomic E-state index is 0.162. The Kier molecular flexibility index (Phi) is 4.98. The fourth-order valence-corrected chi connectivity index (χ4v) is 4.55. The van der Waals surface area contributed by atoms with Crippen LogP contribution in [0.5, 0.6) is 0 Å². The van der Waals surface area contributed by atoms with Gasteiger partial charge in [0.05, 0.1) is 11.4 Å². The van der Waals surface area contributed by atoms with Gasteiger partial charge >= 0.3 is 0 Å². The Bertz CT molecular complexity index is 1090. The van der Waals surface area contributed by atoms with Crippen molar-refractivity contribution in [1.82, 2.24) is 9.71 Å². The van der Waals surface area contributed by atoms with E-state index in [1.165, 1.54) is 0 Å². The van der Waals surface area contributed by atoms with E-state index in [4.69, 9.17) is 0 Å². The highest BCUT2D eigenvalue weighted by Crippen LogP contribution is 2.42. The molecule has 1 aromatic heterocycles. The molecular formula is C22H21N3O2S. The van der Waals surface area contributed by atoms with Crippen LogP contribution in [0.4, 0.5) is 17.2 Å². The molecule has 1 N–H and O–H groups in total. The van der Waals surface area contributed by atoms with Gasteiger partial charge in [-0.2, -0.15) is 0 Å². The van der Waals surface area contributed by atoms with Gasteiger partial charge in [0, 0.05) is 12.7 Å². The smallest absolute Gasteiger partial charge is 0.244 e. The van der Waals surface area contributed by atoms with Gasteiger partial charge in [-0.15, -0.1) is 0 Å². The maximum Gasteiger partial charge on any atom is 0.244 e. The zero-order chi connectivity index (χ0) is 19.6. The average Bonchev–Trinajstić information content (AvgIpc) is 2.89. The Balaban J connectivity index is 1.97. The van der Waals surface area contributed by atoms with Crippen LogP contribution in [0.2, 0.25) is 0 Å². The van der Waals surface area contributed by atoms with E-state index in [-0.39, 0.29) is 4.90 Å². The van der Waals surface area contributed by atoms with E-state index in [0.29, 0.717) is 18.8 Å². The third-order valence-corrected chi connectivity index (χ3v) is 6.07. The van der Waals surface area contributed by atoms with Gasteiger partial charge in [-0.05, 0) is 41.8 Å². The minimum Gasteiger partial charge on any atom is -0.293 e. The van der Waals surface area contributed by atoms with Crippen LogP contribution in [0.3, 0.4) is 0 Å². The number of hydrogen-bond acceptors (Lipinski definition) is 4. The van der Waals surface area contributed by atoms with Gasteiger partial charge < -0.3 is 0 Å². The second kappa shape index (κ2) is 7.58. The van der Waals surface area contributed by atoms with Crippen LogP contribution < -0.4 is 9.62 Å². The molecule has 2 aromatic carbocycles. The number of fused-ring (bicyclic) bond motifs is 2. The first-order valence-corrected chi connectivity index (χ1v) is 10.7. The van der Waals surface area contributed by atoms with Crippen LogP contribution in [0, 0.1) is 0 Å². The fourth-order valence-electron chi connectivity index (χ4n) is 3.28. The van der Waals surface area contributed by atoms with Crippen LogP contribution in [0.1, 0.15) is 24.5 Å². The van der Waals surface area contributed by atoms with E-state index in [0.717, 1.165) is 22.5 Å². The summed E-state index contributed by atoms with van der Waals surface area (Å²) in [5.74, 6) is 0.384. The van der Waals surface area contributed by atoms with Crippen LogP contribution in [0.15, 0.2) is 71.8 Å². The van der Waals surface area contributed by atoms with Gasteiger partial charge in [0.2, 0.25) is 10.0 Å². The lowest BCUT2D eigenvalue weighted by atomic mass is 10.1. The normalized spacial score (nSPS) is 13.0. The highest BCUT2D eigenvalue weighted by Gasteiger charge is 2.27. The summed E-state index contributed by atoms with van der Waals surface area (Å²) < 4.78 is 28.6. The Labute approximate surface area is 165 Å². The first-order valence-electron chi connectivity index (χ1n) is 9.23. The lowest BCUT2D eigenvalue weighted by Gasteiger charge is -2.27. The number of nitrogens with one attached hydrogen (secondary N) is 1. The summed E-state index contributed by atoms with van der Waals surface area (Å²) in [6.07, 6.45) is 6.42. The lowest BCUT2D eigenvalue weighted by Crippen LogP contribution is -2.27. The van der Waals surface area contributed by atoms with Crippen molar-refractivity contribution in [2.75, 3.05) is 11.4 Å². The summed E-state index contributed by atoms with van der Waals surface area (Å²) in [6, 6.07) is 19.1. The maximum atomic E-state index is 13.0. The first-order chi connectivity index (χ1) is 13.6. The summed E-state index contributed by atoms with van der Waals surface area (Å²) in [4.78, 5) is 6.58. The van der Waals surface area contributed by atoms with Crippen molar-refractivity contribution in [2.45, 2.75) is 18.2 Å². The summed E-state index contributed by atoms with van der Waals surface area (Å²) in [7, 11) is -3.69. The predicted octanol–water partition coefficient (Wildman–Crippen LogP) is 4.72. The number of aromatic nitrogens is 1. The van der Waals surface area contributed by atoms with Crippen molar-refractivity contribution in [2.24, 2.45) is 0 Å². The van der Waals surface area contributed by atoms with Crippen molar-refractivity contribution < 1.29 is 8.42 Å². The van der Waals surface area contributed by atoms with E-state index in [9.17, 15) is 8.42 Å². The largest absolute Gasteiger partial charge is 0.293 e. The lowest BCUT2D eigenvalue weighted by molar-refractivity contribution is 0.580. The van der Waals surface area contributed by atoms with Gasteiger partial charge in [-0.3, -0.25) is 4.90 Å². The van der Waals surface area contributed by atoms with Crippen LogP contribution in [0.25, 0.3) is 12.2 Å². The molecule has 0 unspecified atom stereocenters. The van der Waals surface area contributed by atoms with Gasteiger partial charge in [-0.1, -0.05) is 55.5 Å². The van der Waals surface area contributed by atoms with Crippen LogP contribution >= 0.6 is 0 Å². The van der Waals surface area contributed by atoms with Crippen LogP contribution in [-0.4, -0.2) is 19.9 Å². The SMILES string of the molecule is CCCNS(=O)(=O)c1cccnc1N1c2ccccc2C=Cc2ccccc21. The Morgan fingerprint density at radius 1 is 0.893 bits per heavy atom. The third kappa shape index (κ3) is 3.32. The number of para-hydroxylation sites is 2. The molecule has 0 fully saturated rings. The highest BCUT2D eigenvalue weighted by molar-refractivity contribution is 7.89. The number of sulfonamides is 1. The molecule has 142 valence electrons. The highest BCUT2D eigenvalue weighted by atomic mass is 32.2. The standard InChI is InChI=1S/C22H21N3O2S/c1-2-15-24-28(26,27)21-12-7-16-23-22(21)25-19-10-5-3-8-17(19)13-14-18-9-4-6-11-20(18)25/h3-14,16,24H,2,15H2,1H3. The first kappa shape index (κ1) is 18.4. The molecule has 1 aliphatic heterocycles. The van der Waals surface area contributed by atoms with Crippen molar-refractivity contribution >= 4 is 39.4 Å². The van der Waals surface area contributed by atoms with Crippen molar-refractivity contribution in [3.05, 3.63) is 78.0 Å². The number of benzene rings is 2. The maximum absolute atomic E-state index is 13.0. The molecule has 0 aliphatic carbocycles. The molecule has 5 nitrogen and oxygen atoms in total. The van der Waals surface area contributed by atoms with Crippen molar-refractivity contribution in [3.63, 3.8) is 0 Å². The van der Waals surface area contributed by atoms with Crippen molar-refractivity contribution in [3.8, 4) is 0 Å². The minimum atomic E-state index is -3.69. The van der Waals surface area contributed by atoms with E-state index in [1.54, 1.807) is 18.3 Å². The van der Waals surface area contributed by atoms with Gasteiger partial charge in [0.15, 0.2) is 5.82 Å². The third-order valence-electron chi connectivity index (χ3n) is 4.59. The molecular weight excluding hydrogens is 370 g/mol. The summed E-state index contributed by atoms with van der Waals surface area (Å²) >= 11 is 0. The zero-order valence-corrected chi connectivity index (χ0v) is 16.4. The number of pyridine rings is 1. The molecule has 4 rings (SSSR count). The molecule has 6 heteroatoms. The summed E-state index contributed by atoms with van der Waals surface area (Å²) in [5, 5.41) is 0. The molecule has 0 radical (unpaired) electrons. The number of nitrogens with zero attached hydrogens (tertiary/aromatic N) is 2. The number of hydrogen-bond donors (Lipinski definition) is 1. The monoisotopic (exact) mass is 391 g/mol. The Hall–Kier alpha value is -2.96. The molecule has 0 bridgehead atoms. The fraction of sp³-hybridized carbons (Fsp3) is 0.136. The van der Waals surface area contributed by atoms with Crippen molar-refractivity contribution in [1.29, 1.82) is 0 Å². The second-order valence-electron chi connectivity index (χ2n) is 6.51. The molecule has 2 heterocycles. The van der Waals surface area contributed by atoms with Gasteiger partial charge in [0.25, 0.3) is 0 Å². The summed E-state index contributed by atoms with van der Waals surface area (Å²) in [5.41, 5.74) is 3.76. The summed E-state index contributed by atoms with van der Waals surface area (Å²) in [6.45, 7) is 2.31. The molecule has 1 aliphatic rings. The quantitative estimate of drug-likeness (QED) is 0.534. The van der Waals surface area contributed by atoms with E-state index < -0.39 is 10.0 Å². The molecule has 0 spiro atoms. The number of anilines is 3. The van der Waals surface area contributed by atoms with Gasteiger partial charge in [0.1, 0.15) is 4.90 Å². The number of rotatable bonds is 5. The molecule has 0 amide bonds. The predicted molar refractivity (Wildman–Crippen MR) is 113 cm³/mol. The Morgan fingerprint density at radius 3 is 2.11 bits per heavy atom. The van der Waals surface area contributed by atoms with Crippen LogP contribution in [-0.2, 0) is 10.0 Å². The molecule has 28 heavy (non-hydrogen) atoms. The van der Waals surface area contributed by atoms with E-state index in [1.807, 2.05) is 72.5 Å². The average molecular weight is 391 g/mol. The molecule has 0 saturated heterocycles. The van der Waals surface area contributed by atoms with Gasteiger partial charge in [-0.25, -0.2) is 18.1 Å². The van der Waals surface area contributed by atoms with E-state index in [2.05, 4.69) is 9.71 Å². The molecule has 3 aromatic rings. The van der Waals surface area contributed by atoms with E-state index >= 15 is 0 Å². The molecule has 0 saturated carbocycles.